The van der Waals surface area contributed by atoms with Gasteiger partial charge < -0.3 is 5.32 Å². The number of nitro groups is 1. The number of carbonyl (C=O) groups is 1. The molecule has 1 N–H and O–H groups in total. The maximum Gasteiger partial charge on any atom is 0.270 e. The zero-order valence-electron chi connectivity index (χ0n) is 12.5. The second-order valence-corrected chi connectivity index (χ2v) is 5.03. The number of nitrogens with one attached hydrogen (secondary N) is 1. The van der Waals surface area contributed by atoms with Gasteiger partial charge in [-0.1, -0.05) is 36.4 Å². The van der Waals surface area contributed by atoms with E-state index >= 15 is 0 Å². The SMILES string of the molecule is O=C(Nc1ncccc1-c1ccccc1)c1cccc([N+](=O)[O-])c1. The Morgan fingerprint density at radius 1 is 1.00 bits per heavy atom. The Hall–Kier alpha value is -3.54. The first kappa shape index (κ1) is 15.4. The fraction of sp³-hybridized carbons (Fsp3) is 0. The zero-order valence-corrected chi connectivity index (χ0v) is 12.5. The highest BCUT2D eigenvalue weighted by Gasteiger charge is 2.14. The minimum atomic E-state index is -0.535. The van der Waals surface area contributed by atoms with Crippen molar-refractivity contribution < 1.29 is 9.72 Å². The average Bonchev–Trinajstić information content (AvgIpc) is 2.63. The standard InChI is InChI=1S/C18H13N3O3/c22-18(14-8-4-9-15(12-14)21(23)24)20-17-16(10-5-11-19-17)13-6-2-1-3-7-13/h1-12H,(H,19,20,22). The molecular formula is C18H13N3O3. The predicted octanol–water partition coefficient (Wildman–Crippen LogP) is 3.91. The van der Waals surface area contributed by atoms with Crippen LogP contribution in [0.15, 0.2) is 72.9 Å². The summed E-state index contributed by atoms with van der Waals surface area (Å²) in [6, 6.07) is 18.7. The van der Waals surface area contributed by atoms with Crippen LogP contribution in [0.25, 0.3) is 11.1 Å². The third kappa shape index (κ3) is 3.27. The molecule has 1 aromatic heterocycles. The fourth-order valence-electron chi connectivity index (χ4n) is 2.30. The van der Waals surface area contributed by atoms with Gasteiger partial charge in [0.05, 0.1) is 4.92 Å². The monoisotopic (exact) mass is 319 g/mol. The van der Waals surface area contributed by atoms with Crippen molar-refractivity contribution in [1.29, 1.82) is 0 Å². The van der Waals surface area contributed by atoms with E-state index in [0.29, 0.717) is 5.82 Å². The number of hydrogen-bond acceptors (Lipinski definition) is 4. The summed E-state index contributed by atoms with van der Waals surface area (Å²) < 4.78 is 0. The minimum Gasteiger partial charge on any atom is -0.306 e. The molecule has 1 heterocycles. The van der Waals surface area contributed by atoms with E-state index in [9.17, 15) is 14.9 Å². The molecule has 3 aromatic rings. The largest absolute Gasteiger partial charge is 0.306 e. The summed E-state index contributed by atoms with van der Waals surface area (Å²) in [6.45, 7) is 0. The Morgan fingerprint density at radius 3 is 2.54 bits per heavy atom. The molecular weight excluding hydrogens is 306 g/mol. The molecule has 2 aromatic carbocycles. The molecule has 0 aliphatic carbocycles. The number of nitro benzene ring substituents is 1. The topological polar surface area (TPSA) is 85.1 Å². The maximum atomic E-state index is 12.4. The third-order valence-corrected chi connectivity index (χ3v) is 3.44. The second-order valence-electron chi connectivity index (χ2n) is 5.03. The van der Waals surface area contributed by atoms with E-state index in [1.807, 2.05) is 36.4 Å². The first-order valence-electron chi connectivity index (χ1n) is 7.21. The number of benzene rings is 2. The van der Waals surface area contributed by atoms with Crippen molar-refractivity contribution in [2.24, 2.45) is 0 Å². The van der Waals surface area contributed by atoms with Gasteiger partial charge in [-0.15, -0.1) is 0 Å². The Balaban J connectivity index is 1.91. The Kier molecular flexibility index (Phi) is 4.29. The van der Waals surface area contributed by atoms with Crippen LogP contribution in [-0.2, 0) is 0 Å². The molecule has 0 spiro atoms. The number of aromatic nitrogens is 1. The van der Waals surface area contributed by atoms with E-state index in [1.54, 1.807) is 12.3 Å². The molecule has 24 heavy (non-hydrogen) atoms. The highest BCUT2D eigenvalue weighted by Crippen LogP contribution is 2.26. The summed E-state index contributed by atoms with van der Waals surface area (Å²) in [5, 5.41) is 13.6. The molecule has 0 aliphatic heterocycles. The number of anilines is 1. The van der Waals surface area contributed by atoms with Crippen molar-refractivity contribution in [2.45, 2.75) is 0 Å². The van der Waals surface area contributed by atoms with Crippen molar-refractivity contribution in [3.8, 4) is 11.1 Å². The lowest BCUT2D eigenvalue weighted by Gasteiger charge is -2.10. The summed E-state index contributed by atoms with van der Waals surface area (Å²) in [7, 11) is 0. The number of rotatable bonds is 4. The van der Waals surface area contributed by atoms with Crippen LogP contribution in [0.1, 0.15) is 10.4 Å². The maximum absolute atomic E-state index is 12.4. The molecule has 6 nitrogen and oxygen atoms in total. The first-order valence-corrected chi connectivity index (χ1v) is 7.21. The van der Waals surface area contributed by atoms with Crippen LogP contribution in [0.5, 0.6) is 0 Å². The first-order chi connectivity index (χ1) is 11.6. The van der Waals surface area contributed by atoms with Crippen LogP contribution in [0.3, 0.4) is 0 Å². The van der Waals surface area contributed by atoms with Gasteiger partial charge in [-0.05, 0) is 23.8 Å². The van der Waals surface area contributed by atoms with Crippen LogP contribution in [-0.4, -0.2) is 15.8 Å². The van der Waals surface area contributed by atoms with Gasteiger partial charge in [0, 0.05) is 29.5 Å². The Morgan fingerprint density at radius 2 is 1.79 bits per heavy atom. The van der Waals surface area contributed by atoms with Crippen LogP contribution >= 0.6 is 0 Å². The number of hydrogen-bond donors (Lipinski definition) is 1. The third-order valence-electron chi connectivity index (χ3n) is 3.44. The lowest BCUT2D eigenvalue weighted by Crippen LogP contribution is -2.14. The van der Waals surface area contributed by atoms with Gasteiger partial charge in [0.2, 0.25) is 0 Å². The molecule has 3 rings (SSSR count). The summed E-state index contributed by atoms with van der Waals surface area (Å²) in [5.41, 5.74) is 1.76. The molecule has 118 valence electrons. The van der Waals surface area contributed by atoms with Crippen LogP contribution in [0.2, 0.25) is 0 Å². The van der Waals surface area contributed by atoms with E-state index in [4.69, 9.17) is 0 Å². The van der Waals surface area contributed by atoms with Gasteiger partial charge in [0.1, 0.15) is 5.82 Å². The molecule has 6 heteroatoms. The summed E-state index contributed by atoms with van der Waals surface area (Å²) in [4.78, 5) is 26.9. The van der Waals surface area contributed by atoms with Crippen molar-refractivity contribution in [3.63, 3.8) is 0 Å². The van der Waals surface area contributed by atoms with Gasteiger partial charge in [-0.2, -0.15) is 0 Å². The smallest absolute Gasteiger partial charge is 0.270 e. The summed E-state index contributed by atoms with van der Waals surface area (Å²) in [6.07, 6.45) is 1.58. The van der Waals surface area contributed by atoms with Crippen molar-refractivity contribution in [2.75, 3.05) is 5.32 Å². The predicted molar refractivity (Wildman–Crippen MR) is 90.7 cm³/mol. The van der Waals surface area contributed by atoms with Gasteiger partial charge >= 0.3 is 0 Å². The number of amides is 1. The van der Waals surface area contributed by atoms with Crippen LogP contribution in [0.4, 0.5) is 11.5 Å². The number of pyridine rings is 1. The molecule has 0 saturated heterocycles. The lowest BCUT2D eigenvalue weighted by atomic mass is 10.1. The van der Waals surface area contributed by atoms with Crippen LogP contribution < -0.4 is 5.32 Å². The highest BCUT2D eigenvalue weighted by atomic mass is 16.6. The Bertz CT molecular complexity index is 895. The molecule has 0 radical (unpaired) electrons. The van der Waals surface area contributed by atoms with Crippen LogP contribution in [0, 0.1) is 10.1 Å². The van der Waals surface area contributed by atoms with Crippen molar-refractivity contribution in [3.05, 3.63) is 88.6 Å². The normalized spacial score (nSPS) is 10.2. The number of non-ortho nitro benzene ring substituents is 1. The minimum absolute atomic E-state index is 0.132. The van der Waals surface area contributed by atoms with Gasteiger partial charge in [-0.3, -0.25) is 14.9 Å². The number of carbonyl (C=O) groups excluding carboxylic acids is 1. The molecule has 0 saturated carbocycles. The quantitative estimate of drug-likeness (QED) is 0.583. The van der Waals surface area contributed by atoms with E-state index in [1.165, 1.54) is 24.3 Å². The molecule has 1 amide bonds. The van der Waals surface area contributed by atoms with Crippen molar-refractivity contribution in [1.82, 2.24) is 4.98 Å². The van der Waals surface area contributed by atoms with Gasteiger partial charge in [-0.25, -0.2) is 4.98 Å². The second kappa shape index (κ2) is 6.70. The number of nitrogens with zero attached hydrogens (tertiary/aromatic N) is 2. The summed E-state index contributed by atoms with van der Waals surface area (Å²) in [5.74, 6) is -0.0465. The van der Waals surface area contributed by atoms with Gasteiger partial charge in [0.15, 0.2) is 0 Å². The highest BCUT2D eigenvalue weighted by molar-refractivity contribution is 6.05. The lowest BCUT2D eigenvalue weighted by molar-refractivity contribution is -0.384. The van der Waals surface area contributed by atoms with E-state index in [0.717, 1.165) is 11.1 Å². The fourth-order valence-corrected chi connectivity index (χ4v) is 2.30. The molecule has 0 atom stereocenters. The summed E-state index contributed by atoms with van der Waals surface area (Å²) >= 11 is 0. The van der Waals surface area contributed by atoms with Gasteiger partial charge in [0.25, 0.3) is 11.6 Å². The average molecular weight is 319 g/mol. The molecule has 0 unspecified atom stereocenters. The van der Waals surface area contributed by atoms with E-state index in [-0.39, 0.29) is 11.3 Å². The zero-order chi connectivity index (χ0) is 16.9. The van der Waals surface area contributed by atoms with E-state index < -0.39 is 10.8 Å². The van der Waals surface area contributed by atoms with Crippen molar-refractivity contribution >= 4 is 17.4 Å². The molecule has 0 bridgehead atoms. The van der Waals surface area contributed by atoms with E-state index in [2.05, 4.69) is 10.3 Å². The molecule has 0 fully saturated rings. The Labute approximate surface area is 137 Å². The molecule has 0 aliphatic rings.